The Balaban J connectivity index is 1.28. The highest BCUT2D eigenvalue weighted by atomic mass is 16.5. The maximum atomic E-state index is 13.5. The Kier molecular flexibility index (Phi) is 6.01. The molecule has 184 valence electrons. The fourth-order valence-corrected chi connectivity index (χ4v) is 5.58. The third kappa shape index (κ3) is 4.16. The molecule has 5 rings (SSSR count). The van der Waals surface area contributed by atoms with Crippen molar-refractivity contribution in [1.29, 1.82) is 0 Å². The average molecular weight is 479 g/mol. The van der Waals surface area contributed by atoms with Crippen molar-refractivity contribution in [2.24, 2.45) is 11.8 Å². The van der Waals surface area contributed by atoms with Crippen LogP contribution in [0.4, 0.5) is 4.79 Å². The van der Waals surface area contributed by atoms with Crippen LogP contribution < -0.4 is 5.32 Å². The van der Waals surface area contributed by atoms with Crippen molar-refractivity contribution in [3.05, 3.63) is 59.7 Å². The molecule has 35 heavy (non-hydrogen) atoms. The number of hydrogen-bond acceptors (Lipinski definition) is 5. The van der Waals surface area contributed by atoms with Crippen molar-refractivity contribution >= 4 is 18.0 Å². The number of alkyl carbamates (subject to hydrolysis) is 1. The van der Waals surface area contributed by atoms with E-state index in [1.807, 2.05) is 24.3 Å². The normalized spacial score (nSPS) is 22.7. The lowest BCUT2D eigenvalue weighted by Crippen LogP contribution is -2.59. The van der Waals surface area contributed by atoms with Gasteiger partial charge >= 0.3 is 12.1 Å². The smallest absolute Gasteiger partial charge is 0.408 e. The van der Waals surface area contributed by atoms with E-state index in [0.29, 0.717) is 0 Å². The Morgan fingerprint density at radius 3 is 2.14 bits per heavy atom. The van der Waals surface area contributed by atoms with Crippen molar-refractivity contribution in [2.75, 3.05) is 26.8 Å². The first-order valence-electron chi connectivity index (χ1n) is 12.0. The number of amides is 2. The van der Waals surface area contributed by atoms with E-state index in [9.17, 15) is 19.5 Å². The second-order valence-electron chi connectivity index (χ2n) is 9.86. The van der Waals surface area contributed by atoms with Crippen molar-refractivity contribution in [3.8, 4) is 11.1 Å². The van der Waals surface area contributed by atoms with Crippen LogP contribution in [-0.2, 0) is 19.1 Å². The molecule has 2 amide bonds. The molecule has 2 fully saturated rings. The lowest BCUT2D eigenvalue weighted by atomic mass is 9.94. The zero-order chi connectivity index (χ0) is 24.7. The van der Waals surface area contributed by atoms with E-state index >= 15 is 0 Å². The van der Waals surface area contributed by atoms with E-state index in [2.05, 4.69) is 29.6 Å². The van der Waals surface area contributed by atoms with Crippen molar-refractivity contribution in [1.82, 2.24) is 10.2 Å². The average Bonchev–Trinajstić information content (AvgIpc) is 3.55. The lowest BCUT2D eigenvalue weighted by Gasteiger charge is -2.33. The Labute approximate surface area is 204 Å². The number of ether oxygens (including phenoxy) is 2. The van der Waals surface area contributed by atoms with Gasteiger partial charge in [-0.25, -0.2) is 4.79 Å². The van der Waals surface area contributed by atoms with Crippen LogP contribution in [-0.4, -0.2) is 66.4 Å². The molecule has 0 radical (unpaired) electrons. The third-order valence-electron chi connectivity index (χ3n) is 7.72. The molecule has 3 aliphatic rings. The minimum Gasteiger partial charge on any atom is -0.481 e. The molecule has 8 heteroatoms. The highest BCUT2D eigenvalue weighted by molar-refractivity contribution is 5.91. The minimum absolute atomic E-state index is 0.0136. The summed E-state index contributed by atoms with van der Waals surface area (Å²) in [6.07, 6.45) is 0.409. The molecule has 3 unspecified atom stereocenters. The Morgan fingerprint density at radius 1 is 1.03 bits per heavy atom. The van der Waals surface area contributed by atoms with E-state index < -0.39 is 29.6 Å². The number of carbonyl (C=O) groups is 3. The Hall–Kier alpha value is -3.39. The number of fused-ring (bicyclic) bond motifs is 3. The quantitative estimate of drug-likeness (QED) is 0.633. The van der Waals surface area contributed by atoms with Crippen molar-refractivity contribution in [2.45, 2.75) is 37.3 Å². The van der Waals surface area contributed by atoms with Crippen LogP contribution in [0.15, 0.2) is 48.5 Å². The predicted molar refractivity (Wildman–Crippen MR) is 128 cm³/mol. The third-order valence-corrected chi connectivity index (χ3v) is 7.72. The van der Waals surface area contributed by atoms with Gasteiger partial charge in [0.25, 0.3) is 0 Å². The van der Waals surface area contributed by atoms with Gasteiger partial charge in [0.05, 0.1) is 6.10 Å². The van der Waals surface area contributed by atoms with Crippen LogP contribution in [0.5, 0.6) is 0 Å². The molecule has 2 N–H and O–H groups in total. The maximum absolute atomic E-state index is 13.5. The molecule has 2 aromatic rings. The molecule has 1 heterocycles. The molecule has 2 aliphatic carbocycles. The maximum Gasteiger partial charge on any atom is 0.408 e. The molecule has 2 aromatic carbocycles. The summed E-state index contributed by atoms with van der Waals surface area (Å²) < 4.78 is 11.0. The van der Waals surface area contributed by atoms with Crippen LogP contribution >= 0.6 is 0 Å². The first-order valence-corrected chi connectivity index (χ1v) is 12.0. The first kappa shape index (κ1) is 23.4. The molecule has 1 saturated carbocycles. The minimum atomic E-state index is -1.16. The summed E-state index contributed by atoms with van der Waals surface area (Å²) in [5.41, 5.74) is 3.36. The fraction of sp³-hybridized carbons (Fsp3) is 0.444. The number of methoxy groups -OCH3 is 1. The van der Waals surface area contributed by atoms with E-state index in [4.69, 9.17) is 9.47 Å². The molecule has 8 nitrogen and oxygen atoms in total. The monoisotopic (exact) mass is 478 g/mol. The van der Waals surface area contributed by atoms with Gasteiger partial charge in [-0.2, -0.15) is 0 Å². The number of aliphatic carboxylic acids is 1. The highest BCUT2D eigenvalue weighted by Gasteiger charge is 2.53. The van der Waals surface area contributed by atoms with Crippen LogP contribution in [0.25, 0.3) is 11.1 Å². The first-order chi connectivity index (χ1) is 16.8. The van der Waals surface area contributed by atoms with Crippen LogP contribution in [0, 0.1) is 11.8 Å². The van der Waals surface area contributed by atoms with Crippen molar-refractivity contribution in [3.63, 3.8) is 0 Å². The van der Waals surface area contributed by atoms with Gasteiger partial charge < -0.3 is 24.8 Å². The molecule has 1 aliphatic heterocycles. The summed E-state index contributed by atoms with van der Waals surface area (Å²) in [7, 11) is 1.45. The van der Waals surface area contributed by atoms with Gasteiger partial charge in [0.15, 0.2) is 0 Å². The molecule has 0 spiro atoms. The predicted octanol–water partition coefficient (Wildman–Crippen LogP) is 3.25. The number of carboxylic acids is 1. The second-order valence-corrected chi connectivity index (χ2v) is 9.86. The van der Waals surface area contributed by atoms with Gasteiger partial charge in [-0.15, -0.1) is 0 Å². The van der Waals surface area contributed by atoms with E-state index in [0.717, 1.165) is 35.1 Å². The highest BCUT2D eigenvalue weighted by Crippen LogP contribution is 2.45. The van der Waals surface area contributed by atoms with Crippen molar-refractivity contribution < 1.29 is 29.0 Å². The van der Waals surface area contributed by atoms with E-state index in [-0.39, 0.29) is 37.4 Å². The number of hydrogen-bond donors (Lipinski definition) is 2. The molecule has 0 aromatic heterocycles. The van der Waals surface area contributed by atoms with Crippen LogP contribution in [0.2, 0.25) is 0 Å². The summed E-state index contributed by atoms with van der Waals surface area (Å²) in [4.78, 5) is 39.6. The zero-order valence-electron chi connectivity index (χ0n) is 19.9. The summed E-state index contributed by atoms with van der Waals surface area (Å²) in [6, 6.07) is 16.2. The Bertz CT molecular complexity index is 1120. The molecular formula is C27H30N2O6. The SMILES string of the molecule is COC1CN(C(=O)C(C)(NC(=O)OCC2c3ccccc3-c3ccccc32)C2CC2)CC1C(=O)O. The standard InChI is InChI=1S/C27H30N2O6/c1-27(16-11-12-16,25(32)29-13-21(24(30)31)23(14-29)34-2)28-26(33)35-15-22-19-9-5-3-7-17(19)18-8-4-6-10-20(18)22/h3-10,16,21-23H,11-15H2,1-2H3,(H,28,33)(H,30,31). The second kappa shape index (κ2) is 9.00. The van der Waals surface area contributed by atoms with E-state index in [1.165, 1.54) is 12.0 Å². The number of rotatable bonds is 7. The number of likely N-dealkylation sites (tertiary alicyclic amines) is 1. The summed E-state index contributed by atoms with van der Waals surface area (Å²) in [5.74, 6) is -2.17. The lowest BCUT2D eigenvalue weighted by molar-refractivity contribution is -0.144. The van der Waals surface area contributed by atoms with Gasteiger partial charge in [0.1, 0.15) is 18.1 Å². The van der Waals surface area contributed by atoms with Gasteiger partial charge in [-0.05, 0) is 47.9 Å². The topological polar surface area (TPSA) is 105 Å². The molecule has 0 bridgehead atoms. The number of carbonyl (C=O) groups excluding carboxylic acids is 2. The number of carboxylic acid groups (broad SMARTS) is 1. The largest absolute Gasteiger partial charge is 0.481 e. The molecular weight excluding hydrogens is 448 g/mol. The van der Waals surface area contributed by atoms with Gasteiger partial charge in [0.2, 0.25) is 5.91 Å². The zero-order valence-corrected chi connectivity index (χ0v) is 19.9. The fourth-order valence-electron chi connectivity index (χ4n) is 5.58. The molecule has 1 saturated heterocycles. The van der Waals surface area contributed by atoms with E-state index in [1.54, 1.807) is 6.92 Å². The summed E-state index contributed by atoms with van der Waals surface area (Å²) in [5, 5.41) is 12.3. The number of nitrogens with one attached hydrogen (secondary N) is 1. The van der Waals surface area contributed by atoms with Gasteiger partial charge in [-0.1, -0.05) is 48.5 Å². The Morgan fingerprint density at radius 2 is 1.63 bits per heavy atom. The number of nitrogens with zero attached hydrogens (tertiary/aromatic N) is 1. The van der Waals surface area contributed by atoms with Gasteiger partial charge in [0, 0.05) is 26.1 Å². The van der Waals surface area contributed by atoms with Crippen LogP contribution in [0.3, 0.4) is 0 Å². The summed E-state index contributed by atoms with van der Waals surface area (Å²) in [6.45, 7) is 2.11. The van der Waals surface area contributed by atoms with Crippen LogP contribution in [0.1, 0.15) is 36.8 Å². The van der Waals surface area contributed by atoms with Gasteiger partial charge in [-0.3, -0.25) is 9.59 Å². The molecule has 3 atom stereocenters. The number of benzene rings is 2. The summed E-state index contributed by atoms with van der Waals surface area (Å²) >= 11 is 0.